The molecule has 0 atom stereocenters. The smallest absolute Gasteiger partial charge is 0.0471 e. The van der Waals surface area contributed by atoms with Crippen molar-refractivity contribution in [3.63, 3.8) is 0 Å². The number of H-pyrrole nitrogens is 1. The van der Waals surface area contributed by atoms with Crippen molar-refractivity contribution in [1.29, 1.82) is 0 Å². The first-order valence-corrected chi connectivity index (χ1v) is 5.24. The van der Waals surface area contributed by atoms with E-state index >= 15 is 0 Å². The molecule has 2 aromatic rings. The average molecular weight is 251 g/mol. The molecule has 1 aromatic heterocycles. The van der Waals surface area contributed by atoms with Crippen LogP contribution in [-0.4, -0.2) is 11.5 Å². The lowest BCUT2D eigenvalue weighted by Crippen LogP contribution is -1.91. The molecule has 0 aliphatic heterocycles. The van der Waals surface area contributed by atoms with E-state index in [0.717, 1.165) is 15.6 Å². The van der Waals surface area contributed by atoms with Crippen molar-refractivity contribution in [3.8, 4) is 0 Å². The average Bonchev–Trinajstić information content (AvgIpc) is 2.57. The summed E-state index contributed by atoms with van der Waals surface area (Å²) >= 11 is 3.47. The first-order valence-electron chi connectivity index (χ1n) is 4.44. The van der Waals surface area contributed by atoms with Crippen molar-refractivity contribution >= 4 is 32.9 Å². The fourth-order valence-electron chi connectivity index (χ4n) is 1.42. The Morgan fingerprint density at radius 1 is 1.43 bits per heavy atom. The number of nitrogens with one attached hydrogen (secondary N) is 1. The molecule has 0 saturated heterocycles. The van der Waals surface area contributed by atoms with E-state index in [9.17, 15) is 0 Å². The van der Waals surface area contributed by atoms with E-state index in [1.807, 2.05) is 18.3 Å². The van der Waals surface area contributed by atoms with Crippen LogP contribution < -0.4 is 5.73 Å². The number of aromatic amines is 1. The Kier molecular flexibility index (Phi) is 2.70. The zero-order chi connectivity index (χ0) is 9.97. The summed E-state index contributed by atoms with van der Waals surface area (Å²) in [6.07, 6.45) is 5.91. The van der Waals surface area contributed by atoms with Crippen molar-refractivity contribution in [3.05, 3.63) is 40.5 Å². The fourth-order valence-corrected chi connectivity index (χ4v) is 1.88. The minimum absolute atomic E-state index is 0.576. The van der Waals surface area contributed by atoms with Gasteiger partial charge in [0, 0.05) is 28.1 Å². The van der Waals surface area contributed by atoms with Gasteiger partial charge in [0.1, 0.15) is 0 Å². The Bertz CT molecular complexity index is 471. The highest BCUT2D eigenvalue weighted by atomic mass is 79.9. The lowest BCUT2D eigenvalue weighted by atomic mass is 10.1. The summed E-state index contributed by atoms with van der Waals surface area (Å²) < 4.78 is 1.10. The summed E-state index contributed by atoms with van der Waals surface area (Å²) in [4.78, 5) is 3.19. The number of hydrogen-bond donors (Lipinski definition) is 2. The van der Waals surface area contributed by atoms with Crippen LogP contribution in [0, 0.1) is 0 Å². The Balaban J connectivity index is 2.47. The molecule has 0 spiro atoms. The quantitative estimate of drug-likeness (QED) is 0.846. The second-order valence-corrected chi connectivity index (χ2v) is 3.93. The van der Waals surface area contributed by atoms with E-state index in [4.69, 9.17) is 5.73 Å². The molecule has 3 heteroatoms. The molecule has 2 rings (SSSR count). The van der Waals surface area contributed by atoms with E-state index in [2.05, 4.69) is 39.1 Å². The van der Waals surface area contributed by atoms with Gasteiger partial charge >= 0.3 is 0 Å². The summed E-state index contributed by atoms with van der Waals surface area (Å²) in [6.45, 7) is 0.576. The third kappa shape index (κ3) is 1.74. The molecule has 0 aliphatic carbocycles. The van der Waals surface area contributed by atoms with Crippen molar-refractivity contribution in [1.82, 2.24) is 4.98 Å². The number of hydrogen-bond acceptors (Lipinski definition) is 1. The van der Waals surface area contributed by atoms with Gasteiger partial charge in [0.15, 0.2) is 0 Å². The molecule has 3 N–H and O–H groups in total. The highest BCUT2D eigenvalue weighted by molar-refractivity contribution is 9.10. The third-order valence-corrected chi connectivity index (χ3v) is 2.76. The molecule has 0 aliphatic rings. The van der Waals surface area contributed by atoms with Gasteiger partial charge in [-0.25, -0.2) is 0 Å². The molecule has 0 unspecified atom stereocenters. The molecule has 0 amide bonds. The van der Waals surface area contributed by atoms with Crippen molar-refractivity contribution < 1.29 is 0 Å². The van der Waals surface area contributed by atoms with Gasteiger partial charge in [-0.3, -0.25) is 0 Å². The van der Waals surface area contributed by atoms with Crippen LogP contribution in [0.3, 0.4) is 0 Å². The fraction of sp³-hybridized carbons (Fsp3) is 0.0909. The van der Waals surface area contributed by atoms with Crippen molar-refractivity contribution in [2.24, 2.45) is 5.73 Å². The lowest BCUT2D eigenvalue weighted by Gasteiger charge is -1.94. The molecule has 0 fully saturated rings. The molecule has 72 valence electrons. The van der Waals surface area contributed by atoms with E-state index in [1.165, 1.54) is 5.39 Å². The van der Waals surface area contributed by atoms with E-state index in [1.54, 1.807) is 0 Å². The minimum atomic E-state index is 0.576. The Labute approximate surface area is 90.9 Å². The van der Waals surface area contributed by atoms with Gasteiger partial charge in [-0.05, 0) is 27.6 Å². The first kappa shape index (κ1) is 9.49. The maximum atomic E-state index is 5.39. The van der Waals surface area contributed by atoms with Crippen LogP contribution in [0.5, 0.6) is 0 Å². The Morgan fingerprint density at radius 3 is 3.07 bits per heavy atom. The highest BCUT2D eigenvalue weighted by Crippen LogP contribution is 2.24. The summed E-state index contributed by atoms with van der Waals surface area (Å²) in [7, 11) is 0. The zero-order valence-corrected chi connectivity index (χ0v) is 9.21. The molecular formula is C11H11BrN2. The Morgan fingerprint density at radius 2 is 2.29 bits per heavy atom. The maximum absolute atomic E-state index is 5.39. The van der Waals surface area contributed by atoms with Crippen LogP contribution in [0.2, 0.25) is 0 Å². The van der Waals surface area contributed by atoms with Crippen molar-refractivity contribution in [2.75, 3.05) is 6.54 Å². The molecule has 0 radical (unpaired) electrons. The molecule has 0 bridgehead atoms. The molecule has 0 saturated carbocycles. The summed E-state index contributed by atoms with van der Waals surface area (Å²) in [5, 5.41) is 1.20. The van der Waals surface area contributed by atoms with Crippen LogP contribution >= 0.6 is 15.9 Å². The zero-order valence-electron chi connectivity index (χ0n) is 7.63. The number of nitrogens with two attached hydrogens (primary N) is 1. The number of halogens is 1. The lowest BCUT2D eigenvalue weighted by molar-refractivity contribution is 1.26. The first-order chi connectivity index (χ1) is 6.81. The Hall–Kier alpha value is -1.06. The summed E-state index contributed by atoms with van der Waals surface area (Å²) in [6, 6.07) is 6.27. The van der Waals surface area contributed by atoms with Crippen LogP contribution in [0.15, 0.2) is 34.9 Å². The van der Waals surface area contributed by atoms with Gasteiger partial charge in [0.25, 0.3) is 0 Å². The van der Waals surface area contributed by atoms with Gasteiger partial charge in [0.05, 0.1) is 0 Å². The molecule has 14 heavy (non-hydrogen) atoms. The van der Waals surface area contributed by atoms with E-state index in [-0.39, 0.29) is 0 Å². The number of rotatable bonds is 2. The molecule has 1 heterocycles. The topological polar surface area (TPSA) is 41.8 Å². The van der Waals surface area contributed by atoms with Gasteiger partial charge in [-0.1, -0.05) is 24.3 Å². The van der Waals surface area contributed by atoms with Crippen LogP contribution in [0.1, 0.15) is 5.56 Å². The minimum Gasteiger partial charge on any atom is -0.360 e. The van der Waals surface area contributed by atoms with Crippen LogP contribution in [0.25, 0.3) is 17.0 Å². The van der Waals surface area contributed by atoms with Crippen LogP contribution in [0.4, 0.5) is 0 Å². The predicted molar refractivity (Wildman–Crippen MR) is 64.1 cm³/mol. The molecular weight excluding hydrogens is 240 g/mol. The van der Waals surface area contributed by atoms with Crippen molar-refractivity contribution in [2.45, 2.75) is 0 Å². The second kappa shape index (κ2) is 3.98. The van der Waals surface area contributed by atoms with E-state index < -0.39 is 0 Å². The van der Waals surface area contributed by atoms with Gasteiger partial charge in [-0.15, -0.1) is 0 Å². The highest BCUT2D eigenvalue weighted by Gasteiger charge is 1.99. The molecule has 2 nitrogen and oxygen atoms in total. The second-order valence-electron chi connectivity index (χ2n) is 3.08. The number of aromatic nitrogens is 1. The standard InChI is InChI=1S/C11H11BrN2/c12-10-7-14-11-6-8(2-1-5-13)3-4-9(10)11/h1-4,6-7,14H,5,13H2/b2-1+. The third-order valence-electron chi connectivity index (χ3n) is 2.10. The summed E-state index contributed by atoms with van der Waals surface area (Å²) in [5.74, 6) is 0. The maximum Gasteiger partial charge on any atom is 0.0471 e. The molecule has 1 aromatic carbocycles. The van der Waals surface area contributed by atoms with Gasteiger partial charge in [0.2, 0.25) is 0 Å². The van der Waals surface area contributed by atoms with Crippen LogP contribution in [-0.2, 0) is 0 Å². The largest absolute Gasteiger partial charge is 0.360 e. The monoisotopic (exact) mass is 250 g/mol. The normalized spacial score (nSPS) is 11.6. The predicted octanol–water partition coefficient (Wildman–Crippen LogP) is 2.90. The SMILES string of the molecule is NC/C=C/c1ccc2c(Br)c[nH]c2c1. The summed E-state index contributed by atoms with van der Waals surface area (Å²) in [5.41, 5.74) is 7.69. The van der Waals surface area contributed by atoms with Gasteiger partial charge < -0.3 is 10.7 Å². The number of fused-ring (bicyclic) bond motifs is 1. The van der Waals surface area contributed by atoms with E-state index in [0.29, 0.717) is 6.54 Å². The van der Waals surface area contributed by atoms with Gasteiger partial charge in [-0.2, -0.15) is 0 Å². The number of benzene rings is 1.